The predicted octanol–water partition coefficient (Wildman–Crippen LogP) is 2.33. The minimum atomic E-state index is -0.474. The van der Waals surface area contributed by atoms with E-state index in [0.717, 1.165) is 5.56 Å². The Labute approximate surface area is 131 Å². The van der Waals surface area contributed by atoms with E-state index in [0.29, 0.717) is 19.5 Å². The topological polar surface area (TPSA) is 65.4 Å². The normalized spacial score (nSPS) is 16.5. The van der Waals surface area contributed by atoms with Crippen LogP contribution in [0.2, 0.25) is 0 Å². The van der Waals surface area contributed by atoms with Gasteiger partial charge in [0.05, 0.1) is 12.1 Å². The molecule has 5 heteroatoms. The van der Waals surface area contributed by atoms with Gasteiger partial charge in [0.1, 0.15) is 5.60 Å². The van der Waals surface area contributed by atoms with E-state index in [-0.39, 0.29) is 18.2 Å². The third-order valence-corrected chi connectivity index (χ3v) is 3.41. The minimum absolute atomic E-state index is 0.154. The van der Waals surface area contributed by atoms with Crippen LogP contribution in [0.3, 0.4) is 0 Å². The van der Waals surface area contributed by atoms with Crippen molar-refractivity contribution >= 4 is 6.09 Å². The first-order chi connectivity index (χ1) is 10.4. The molecule has 1 heterocycles. The van der Waals surface area contributed by atoms with Gasteiger partial charge in [-0.25, -0.2) is 4.79 Å². The van der Waals surface area contributed by atoms with Crippen molar-refractivity contribution in [1.82, 2.24) is 10.2 Å². The zero-order chi connectivity index (χ0) is 16.2. The lowest BCUT2D eigenvalue weighted by atomic mass is 10.0. The summed E-state index contributed by atoms with van der Waals surface area (Å²) in [6.07, 6.45) is 0.377. The number of carbonyl (C=O) groups is 1. The van der Waals surface area contributed by atoms with Crippen LogP contribution in [0.5, 0.6) is 0 Å². The first-order valence-corrected chi connectivity index (χ1v) is 7.55. The average Bonchev–Trinajstić information content (AvgIpc) is 2.40. The molecule has 1 aliphatic heterocycles. The molecule has 1 amide bonds. The van der Waals surface area contributed by atoms with Gasteiger partial charge in [-0.15, -0.1) is 0 Å². The fraction of sp³-hybridized carbons (Fsp3) is 0.529. The number of nitrogens with one attached hydrogen (secondary N) is 1. The third-order valence-electron chi connectivity index (χ3n) is 3.41. The summed E-state index contributed by atoms with van der Waals surface area (Å²) in [6, 6.07) is 12.1. The van der Waals surface area contributed by atoms with Crippen LogP contribution in [0.1, 0.15) is 26.3 Å². The van der Waals surface area contributed by atoms with Crippen molar-refractivity contribution in [1.29, 1.82) is 5.26 Å². The highest BCUT2D eigenvalue weighted by atomic mass is 16.6. The molecule has 0 radical (unpaired) electrons. The van der Waals surface area contributed by atoms with Gasteiger partial charge in [0.15, 0.2) is 0 Å². The standard InChI is InChI=1S/C17H23N3O2/c1-17(2,3)22-16(21)20-11-15(12-20)19-14(10-18)9-13-7-5-4-6-8-13/h4-8,14-15,19H,9,11-12H2,1-3H3/t14-/m0/s1. The molecule has 5 nitrogen and oxygen atoms in total. The number of amides is 1. The lowest BCUT2D eigenvalue weighted by Crippen LogP contribution is -2.62. The fourth-order valence-electron chi connectivity index (χ4n) is 2.34. The smallest absolute Gasteiger partial charge is 0.410 e. The van der Waals surface area contributed by atoms with E-state index in [9.17, 15) is 10.1 Å². The van der Waals surface area contributed by atoms with Gasteiger partial charge in [-0.2, -0.15) is 5.26 Å². The Hall–Kier alpha value is -2.06. The number of ether oxygens (including phenoxy) is 1. The van der Waals surface area contributed by atoms with Crippen LogP contribution in [0, 0.1) is 11.3 Å². The second-order valence-electron chi connectivity index (χ2n) is 6.62. The average molecular weight is 301 g/mol. The Kier molecular flexibility index (Phi) is 5.04. The highest BCUT2D eigenvalue weighted by Gasteiger charge is 2.34. The van der Waals surface area contributed by atoms with Crippen LogP contribution in [-0.2, 0) is 11.2 Å². The summed E-state index contributed by atoms with van der Waals surface area (Å²) in [5, 5.41) is 12.6. The number of hydrogen-bond acceptors (Lipinski definition) is 4. The number of rotatable bonds is 4. The first-order valence-electron chi connectivity index (χ1n) is 7.55. The summed E-state index contributed by atoms with van der Waals surface area (Å²) in [7, 11) is 0. The summed E-state index contributed by atoms with van der Waals surface area (Å²) < 4.78 is 5.31. The van der Waals surface area contributed by atoms with Gasteiger partial charge in [0.2, 0.25) is 0 Å². The summed E-state index contributed by atoms with van der Waals surface area (Å²) in [5.41, 5.74) is 0.655. The third kappa shape index (κ3) is 4.74. The molecule has 1 aromatic carbocycles. The van der Waals surface area contributed by atoms with Gasteiger partial charge in [-0.3, -0.25) is 5.32 Å². The largest absolute Gasteiger partial charge is 0.444 e. The summed E-state index contributed by atoms with van der Waals surface area (Å²) in [6.45, 7) is 6.73. The van der Waals surface area contributed by atoms with Crippen LogP contribution >= 0.6 is 0 Å². The molecule has 1 N–H and O–H groups in total. The van der Waals surface area contributed by atoms with Gasteiger partial charge in [-0.05, 0) is 26.3 Å². The number of carbonyl (C=O) groups excluding carboxylic acids is 1. The number of benzene rings is 1. The van der Waals surface area contributed by atoms with E-state index in [4.69, 9.17) is 4.74 Å². The van der Waals surface area contributed by atoms with E-state index in [1.165, 1.54) is 0 Å². The van der Waals surface area contributed by atoms with Crippen molar-refractivity contribution < 1.29 is 9.53 Å². The van der Waals surface area contributed by atoms with E-state index in [1.54, 1.807) is 4.90 Å². The maximum Gasteiger partial charge on any atom is 0.410 e. The summed E-state index contributed by atoms with van der Waals surface area (Å²) in [5.74, 6) is 0. The molecule has 0 aliphatic carbocycles. The predicted molar refractivity (Wildman–Crippen MR) is 84.3 cm³/mol. The van der Waals surface area contributed by atoms with Gasteiger partial charge >= 0.3 is 6.09 Å². The molecule has 1 fully saturated rings. The second kappa shape index (κ2) is 6.80. The Morgan fingerprint density at radius 3 is 2.59 bits per heavy atom. The van der Waals surface area contributed by atoms with Gasteiger partial charge in [0, 0.05) is 25.6 Å². The molecule has 0 spiro atoms. The fourth-order valence-corrected chi connectivity index (χ4v) is 2.34. The Balaban J connectivity index is 1.76. The molecule has 0 saturated carbocycles. The van der Waals surface area contributed by atoms with E-state index < -0.39 is 5.60 Å². The number of hydrogen-bond donors (Lipinski definition) is 1. The number of nitrogens with zero attached hydrogens (tertiary/aromatic N) is 2. The van der Waals surface area contributed by atoms with Crippen molar-refractivity contribution in [2.45, 2.75) is 44.9 Å². The van der Waals surface area contributed by atoms with Crippen molar-refractivity contribution in [3.8, 4) is 6.07 Å². The van der Waals surface area contributed by atoms with Gasteiger partial charge < -0.3 is 9.64 Å². The van der Waals surface area contributed by atoms with Crippen LogP contribution in [0.15, 0.2) is 30.3 Å². The molecule has 118 valence electrons. The van der Waals surface area contributed by atoms with Crippen molar-refractivity contribution in [3.05, 3.63) is 35.9 Å². The second-order valence-corrected chi connectivity index (χ2v) is 6.62. The maximum atomic E-state index is 11.8. The van der Waals surface area contributed by atoms with Crippen molar-refractivity contribution in [2.24, 2.45) is 0 Å². The van der Waals surface area contributed by atoms with E-state index in [1.807, 2.05) is 51.1 Å². The maximum absolute atomic E-state index is 11.8. The Bertz CT molecular complexity index is 539. The Morgan fingerprint density at radius 2 is 2.05 bits per heavy atom. The quantitative estimate of drug-likeness (QED) is 0.927. The zero-order valence-corrected chi connectivity index (χ0v) is 13.4. The number of likely N-dealkylation sites (tertiary alicyclic amines) is 1. The van der Waals surface area contributed by atoms with Crippen LogP contribution in [0.25, 0.3) is 0 Å². The number of nitriles is 1. The lowest BCUT2D eigenvalue weighted by Gasteiger charge is -2.41. The van der Waals surface area contributed by atoms with E-state index >= 15 is 0 Å². The van der Waals surface area contributed by atoms with Crippen LogP contribution in [-0.4, -0.2) is 41.8 Å². The Morgan fingerprint density at radius 1 is 1.41 bits per heavy atom. The lowest BCUT2D eigenvalue weighted by molar-refractivity contribution is 0.00476. The van der Waals surface area contributed by atoms with Crippen molar-refractivity contribution in [2.75, 3.05) is 13.1 Å². The molecule has 1 atom stereocenters. The minimum Gasteiger partial charge on any atom is -0.444 e. The SMILES string of the molecule is CC(C)(C)OC(=O)N1CC(N[C@H](C#N)Cc2ccccc2)C1. The molecule has 0 bridgehead atoms. The van der Waals surface area contributed by atoms with Gasteiger partial charge in [0.25, 0.3) is 0 Å². The molecule has 22 heavy (non-hydrogen) atoms. The first kappa shape index (κ1) is 16.3. The van der Waals surface area contributed by atoms with Crippen molar-refractivity contribution in [3.63, 3.8) is 0 Å². The molecule has 1 saturated heterocycles. The summed E-state index contributed by atoms with van der Waals surface area (Å²) in [4.78, 5) is 13.5. The zero-order valence-electron chi connectivity index (χ0n) is 13.4. The summed E-state index contributed by atoms with van der Waals surface area (Å²) >= 11 is 0. The van der Waals surface area contributed by atoms with Gasteiger partial charge in [-0.1, -0.05) is 30.3 Å². The molecule has 2 rings (SSSR count). The van der Waals surface area contributed by atoms with E-state index in [2.05, 4.69) is 11.4 Å². The van der Waals surface area contributed by atoms with Crippen LogP contribution < -0.4 is 5.32 Å². The highest BCUT2D eigenvalue weighted by molar-refractivity contribution is 5.69. The molecule has 1 aromatic rings. The van der Waals surface area contributed by atoms with Crippen LogP contribution in [0.4, 0.5) is 4.79 Å². The monoisotopic (exact) mass is 301 g/mol. The molecular weight excluding hydrogens is 278 g/mol. The molecule has 0 aromatic heterocycles. The highest BCUT2D eigenvalue weighted by Crippen LogP contribution is 2.16. The molecular formula is C17H23N3O2. The molecule has 1 aliphatic rings. The molecule has 0 unspecified atom stereocenters.